The van der Waals surface area contributed by atoms with Gasteiger partial charge in [0.25, 0.3) is 0 Å². The van der Waals surface area contributed by atoms with Gasteiger partial charge in [0.15, 0.2) is 30.4 Å². The SMILES string of the molecule is COc1cccc2c1C(=O)c1c(O)c3c(c(O)c1C2=O)C[C@@](O)(C(=O)COCOCC(=O)NCc1ccccc1)C[C@@H]3O[C@H]1C[C@H]2[C@H](O[C@@H]3[C@@H](OC)OCCN32)[C@H](C)O1. The van der Waals surface area contributed by atoms with Crippen LogP contribution in [-0.4, -0.2) is 134 Å². The maximum absolute atomic E-state index is 14.1. The molecule has 0 bridgehead atoms. The molecule has 59 heavy (non-hydrogen) atoms. The van der Waals surface area contributed by atoms with E-state index in [1.807, 2.05) is 37.3 Å². The number of fused-ring (bicyclic) bond motifs is 6. The summed E-state index contributed by atoms with van der Waals surface area (Å²) in [6.45, 7) is 1.61. The molecule has 17 nitrogen and oxygen atoms in total. The van der Waals surface area contributed by atoms with Crippen molar-refractivity contribution in [3.63, 3.8) is 0 Å². The number of aliphatic hydroxyl groups is 1. The van der Waals surface area contributed by atoms with E-state index in [2.05, 4.69) is 10.2 Å². The largest absolute Gasteiger partial charge is 0.507 e. The number of ether oxygens (including phenoxy) is 8. The molecular formula is C42H46N2O15. The van der Waals surface area contributed by atoms with Crippen LogP contribution in [0.4, 0.5) is 0 Å². The molecule has 0 aromatic heterocycles. The molecule has 5 aliphatic rings. The molecule has 3 aromatic carbocycles. The monoisotopic (exact) mass is 818 g/mol. The minimum Gasteiger partial charge on any atom is -0.507 e. The molecule has 3 heterocycles. The average molecular weight is 819 g/mol. The van der Waals surface area contributed by atoms with Crippen LogP contribution in [0.15, 0.2) is 48.5 Å². The lowest BCUT2D eigenvalue weighted by Gasteiger charge is -2.43. The number of methoxy groups -OCH3 is 2. The van der Waals surface area contributed by atoms with E-state index in [0.29, 0.717) is 19.7 Å². The number of Topliss-reactive ketones (excluding diaryl/α,β-unsaturated/α-hetero) is 1. The number of phenolic OH excluding ortho intramolecular Hbond substituents is 2. The number of amides is 1. The molecule has 17 heteroatoms. The Bertz CT molecular complexity index is 2130. The van der Waals surface area contributed by atoms with E-state index in [4.69, 9.17) is 37.9 Å². The van der Waals surface area contributed by atoms with Crippen LogP contribution in [0.3, 0.4) is 0 Å². The summed E-state index contributed by atoms with van der Waals surface area (Å²) in [6.07, 6.45) is -5.08. The van der Waals surface area contributed by atoms with E-state index in [0.717, 1.165) is 5.56 Å². The summed E-state index contributed by atoms with van der Waals surface area (Å²) < 4.78 is 46.6. The quantitative estimate of drug-likeness (QED) is 0.0862. The van der Waals surface area contributed by atoms with Crippen LogP contribution in [0.1, 0.15) is 74.4 Å². The van der Waals surface area contributed by atoms with Crippen molar-refractivity contribution in [3.05, 3.63) is 87.5 Å². The Labute approximate surface area is 339 Å². The van der Waals surface area contributed by atoms with Gasteiger partial charge in [-0.3, -0.25) is 24.1 Å². The van der Waals surface area contributed by atoms with E-state index < -0.39 is 109 Å². The predicted octanol–water partition coefficient (Wildman–Crippen LogP) is 2.03. The van der Waals surface area contributed by atoms with Crippen molar-refractivity contribution in [1.82, 2.24) is 10.2 Å². The van der Waals surface area contributed by atoms with E-state index in [-0.39, 0.29) is 53.2 Å². The van der Waals surface area contributed by atoms with Crippen molar-refractivity contribution >= 4 is 23.3 Å². The fraction of sp³-hybridized carbons (Fsp3) is 0.476. The summed E-state index contributed by atoms with van der Waals surface area (Å²) in [5.41, 5.74) is -2.66. The number of morpholine rings is 1. The van der Waals surface area contributed by atoms with Gasteiger partial charge in [0.05, 0.1) is 42.6 Å². The first-order chi connectivity index (χ1) is 28.4. The highest BCUT2D eigenvalue weighted by Gasteiger charge is 2.55. The van der Waals surface area contributed by atoms with Gasteiger partial charge in [0.2, 0.25) is 11.7 Å². The maximum Gasteiger partial charge on any atom is 0.246 e. The number of hydrogen-bond donors (Lipinski definition) is 4. The van der Waals surface area contributed by atoms with Crippen LogP contribution in [-0.2, 0) is 55.7 Å². The van der Waals surface area contributed by atoms with Gasteiger partial charge in [-0.05, 0) is 18.6 Å². The van der Waals surface area contributed by atoms with Crippen LogP contribution < -0.4 is 10.1 Å². The third kappa shape index (κ3) is 7.51. The van der Waals surface area contributed by atoms with Gasteiger partial charge in [0, 0.05) is 62.2 Å². The van der Waals surface area contributed by atoms with Crippen LogP contribution in [0.5, 0.6) is 17.2 Å². The Kier molecular flexibility index (Phi) is 11.6. The summed E-state index contributed by atoms with van der Waals surface area (Å²) in [4.78, 5) is 56.4. The summed E-state index contributed by atoms with van der Waals surface area (Å²) in [5, 5.41) is 38.7. The van der Waals surface area contributed by atoms with Gasteiger partial charge in [0.1, 0.15) is 49.0 Å². The van der Waals surface area contributed by atoms with Crippen molar-refractivity contribution in [1.29, 1.82) is 0 Å². The lowest BCUT2D eigenvalue weighted by Crippen LogP contribution is -2.55. The van der Waals surface area contributed by atoms with Crippen molar-refractivity contribution in [2.75, 3.05) is 47.4 Å². The number of nitrogens with zero attached hydrogens (tertiary/aromatic N) is 1. The molecule has 8 atom stereocenters. The first-order valence-electron chi connectivity index (χ1n) is 19.4. The smallest absolute Gasteiger partial charge is 0.246 e. The molecule has 2 aliphatic carbocycles. The highest BCUT2D eigenvalue weighted by Crippen LogP contribution is 2.53. The number of nitrogens with one attached hydrogen (secondary N) is 1. The molecule has 8 rings (SSSR count). The lowest BCUT2D eigenvalue weighted by atomic mass is 9.72. The predicted molar refractivity (Wildman–Crippen MR) is 202 cm³/mol. The standard InChI is InChI=1S/C42H46N2O15/c1-21-39-25(44-12-13-56-41(53-3)40(44)59-39)14-30(57-21)58-27-16-42(51,28(45)18-54-20-55-19-29(46)43-17-22-8-5-4-6-9-22)15-24-32(27)38(50)34-33(36(24)48)35(47)23-10-7-11-26(52-2)31(23)37(34)49/h4-11,21,25,27,30,39-41,48,50-51H,12-20H2,1-3H3,(H,43,46)/t21-,25-,27-,30-,39+,40+,41-,42-/m0/s1. The molecular weight excluding hydrogens is 772 g/mol. The normalized spacial score (nSPS) is 28.5. The number of rotatable bonds is 13. The van der Waals surface area contributed by atoms with Gasteiger partial charge < -0.3 is 58.5 Å². The molecule has 0 unspecified atom stereocenters. The topological polar surface area (TPSA) is 218 Å². The fourth-order valence-corrected chi connectivity index (χ4v) is 8.85. The zero-order chi connectivity index (χ0) is 41.6. The van der Waals surface area contributed by atoms with Crippen LogP contribution >= 0.6 is 0 Å². The minimum atomic E-state index is -2.27. The third-order valence-corrected chi connectivity index (χ3v) is 11.7. The number of benzene rings is 3. The molecule has 3 fully saturated rings. The van der Waals surface area contributed by atoms with E-state index in [9.17, 15) is 34.5 Å². The number of carbonyl (C=O) groups is 4. The lowest BCUT2D eigenvalue weighted by molar-refractivity contribution is -0.256. The van der Waals surface area contributed by atoms with E-state index >= 15 is 0 Å². The molecule has 0 spiro atoms. The number of ketones is 3. The summed E-state index contributed by atoms with van der Waals surface area (Å²) in [5.74, 6) is -3.99. The molecule has 0 radical (unpaired) electrons. The molecule has 1 amide bonds. The molecule has 0 saturated carbocycles. The van der Waals surface area contributed by atoms with Crippen molar-refractivity contribution in [2.24, 2.45) is 0 Å². The molecule has 3 saturated heterocycles. The van der Waals surface area contributed by atoms with Crippen LogP contribution in [0.25, 0.3) is 0 Å². The Morgan fingerprint density at radius 3 is 2.47 bits per heavy atom. The molecule has 3 aromatic rings. The molecule has 3 aliphatic heterocycles. The van der Waals surface area contributed by atoms with E-state index in [1.165, 1.54) is 32.4 Å². The Morgan fingerprint density at radius 2 is 1.71 bits per heavy atom. The number of carbonyl (C=O) groups excluding carboxylic acids is 4. The Balaban J connectivity index is 1.05. The van der Waals surface area contributed by atoms with Gasteiger partial charge in [-0.1, -0.05) is 42.5 Å². The van der Waals surface area contributed by atoms with Crippen LogP contribution in [0, 0.1) is 0 Å². The second-order valence-corrected chi connectivity index (χ2v) is 15.2. The van der Waals surface area contributed by atoms with Crippen LogP contribution in [0.2, 0.25) is 0 Å². The van der Waals surface area contributed by atoms with Gasteiger partial charge in [-0.15, -0.1) is 0 Å². The summed E-state index contributed by atoms with van der Waals surface area (Å²) in [6, 6.07) is 13.5. The van der Waals surface area contributed by atoms with Crippen molar-refractivity contribution < 1.29 is 72.4 Å². The molecule has 4 N–H and O–H groups in total. The second kappa shape index (κ2) is 16.7. The maximum atomic E-state index is 14.1. The number of hydrogen-bond acceptors (Lipinski definition) is 16. The highest BCUT2D eigenvalue weighted by molar-refractivity contribution is 6.31. The first-order valence-corrected chi connectivity index (χ1v) is 19.4. The molecule has 314 valence electrons. The van der Waals surface area contributed by atoms with Gasteiger partial charge >= 0.3 is 0 Å². The number of phenols is 2. The Morgan fingerprint density at radius 1 is 0.949 bits per heavy atom. The van der Waals surface area contributed by atoms with Gasteiger partial charge in [-0.2, -0.15) is 0 Å². The summed E-state index contributed by atoms with van der Waals surface area (Å²) in [7, 11) is 2.88. The Hall–Kier alpha value is -4.82. The number of aromatic hydroxyl groups is 2. The van der Waals surface area contributed by atoms with Crippen molar-refractivity contribution in [3.8, 4) is 17.2 Å². The fourth-order valence-electron chi connectivity index (χ4n) is 8.85. The first kappa shape index (κ1) is 40.9. The minimum absolute atomic E-state index is 0.0522. The highest BCUT2D eigenvalue weighted by atomic mass is 16.7. The zero-order valence-electron chi connectivity index (χ0n) is 32.7. The third-order valence-electron chi connectivity index (χ3n) is 11.7. The van der Waals surface area contributed by atoms with Crippen molar-refractivity contribution in [2.45, 2.75) is 81.5 Å². The average Bonchev–Trinajstić information content (AvgIpc) is 3.62. The zero-order valence-corrected chi connectivity index (χ0v) is 32.7. The second-order valence-electron chi connectivity index (χ2n) is 15.2. The summed E-state index contributed by atoms with van der Waals surface area (Å²) >= 11 is 0. The van der Waals surface area contributed by atoms with E-state index in [1.54, 1.807) is 0 Å². The van der Waals surface area contributed by atoms with Gasteiger partial charge in [-0.25, -0.2) is 0 Å².